The quantitative estimate of drug-likeness (QED) is 0.457. The van der Waals surface area contributed by atoms with E-state index in [2.05, 4.69) is 0 Å². The molecule has 0 amide bonds. The van der Waals surface area contributed by atoms with Gasteiger partial charge in [-0.05, 0) is 6.42 Å². The average Bonchev–Trinajstić information content (AvgIpc) is 1.87. The highest BCUT2D eigenvalue weighted by Gasteiger charge is 1.97. The molecule has 0 radical (unpaired) electrons. The van der Waals surface area contributed by atoms with Gasteiger partial charge in [-0.1, -0.05) is 6.92 Å². The minimum atomic E-state index is -2.43. The van der Waals surface area contributed by atoms with Gasteiger partial charge in [0.05, 0.1) is 6.61 Å². The molecular formula is C6H13F2NO. The number of halogens is 2. The van der Waals surface area contributed by atoms with Gasteiger partial charge < -0.3 is 4.74 Å². The van der Waals surface area contributed by atoms with Gasteiger partial charge in [0.2, 0.25) is 0 Å². The minimum Gasteiger partial charge on any atom is -0.380 e. The summed E-state index contributed by atoms with van der Waals surface area (Å²) in [5.41, 5.74) is 0. The highest BCUT2D eigenvalue weighted by atomic mass is 19.3. The fourth-order valence-corrected chi connectivity index (χ4v) is 0.487. The van der Waals surface area contributed by atoms with Crippen molar-refractivity contribution in [3.05, 3.63) is 0 Å². The van der Waals surface area contributed by atoms with E-state index in [0.717, 1.165) is 6.42 Å². The summed E-state index contributed by atoms with van der Waals surface area (Å²) in [7, 11) is 0. The summed E-state index contributed by atoms with van der Waals surface area (Å²) < 4.78 is 27.7. The zero-order chi connectivity index (χ0) is 7.82. The number of hydrogen-bond acceptors (Lipinski definition) is 2. The van der Waals surface area contributed by atoms with Gasteiger partial charge >= 0.3 is 0 Å². The predicted octanol–water partition coefficient (Wildman–Crippen LogP) is 1.23. The molecule has 0 atom stereocenters. The first-order valence-corrected chi connectivity index (χ1v) is 3.36. The summed E-state index contributed by atoms with van der Waals surface area (Å²) in [6, 6.07) is 0. The van der Waals surface area contributed by atoms with Gasteiger partial charge in [-0.25, -0.2) is 0 Å². The Kier molecular flexibility index (Phi) is 6.74. The van der Waals surface area contributed by atoms with Crippen LogP contribution in [0, 0.1) is 0 Å². The maximum Gasteiger partial charge on any atom is 0.292 e. The first-order valence-electron chi connectivity index (χ1n) is 3.36. The van der Waals surface area contributed by atoms with Gasteiger partial charge in [0.15, 0.2) is 0 Å². The second-order valence-electron chi connectivity index (χ2n) is 1.87. The summed E-state index contributed by atoms with van der Waals surface area (Å²) in [6.45, 7) is 0.770. The summed E-state index contributed by atoms with van der Waals surface area (Å²) in [5.74, 6) is 0. The van der Waals surface area contributed by atoms with Crippen LogP contribution in [0.3, 0.4) is 0 Å². The van der Waals surface area contributed by atoms with E-state index >= 15 is 0 Å². The van der Waals surface area contributed by atoms with Crippen LogP contribution >= 0.6 is 0 Å². The lowest BCUT2D eigenvalue weighted by molar-refractivity contribution is 0.0809. The van der Waals surface area contributed by atoms with Crippen molar-refractivity contribution in [3.63, 3.8) is 0 Å². The minimum absolute atomic E-state index is 0.220. The Bertz CT molecular complexity index is 70.8. The molecule has 0 aromatic rings. The Balaban J connectivity index is 2.77. The molecule has 0 aliphatic carbocycles. The topological polar surface area (TPSA) is 21.3 Å². The highest BCUT2D eigenvalue weighted by molar-refractivity contribution is 4.39. The van der Waals surface area contributed by atoms with Gasteiger partial charge in [0, 0.05) is 13.2 Å². The van der Waals surface area contributed by atoms with Crippen molar-refractivity contribution >= 4 is 0 Å². The number of rotatable bonds is 6. The average molecular weight is 153 g/mol. The SMILES string of the molecule is CCCOCCNC(F)F. The second-order valence-corrected chi connectivity index (χ2v) is 1.87. The van der Waals surface area contributed by atoms with E-state index < -0.39 is 6.55 Å². The van der Waals surface area contributed by atoms with Gasteiger partial charge in [-0.15, -0.1) is 0 Å². The van der Waals surface area contributed by atoms with Crippen molar-refractivity contribution in [2.75, 3.05) is 19.8 Å². The summed E-state index contributed by atoms with van der Waals surface area (Å²) >= 11 is 0. The number of hydrogen-bond donors (Lipinski definition) is 1. The lowest BCUT2D eigenvalue weighted by Gasteiger charge is -2.02. The molecule has 1 N–H and O–H groups in total. The van der Waals surface area contributed by atoms with Gasteiger partial charge in [0.1, 0.15) is 0 Å². The van der Waals surface area contributed by atoms with Crippen LogP contribution in [0.1, 0.15) is 13.3 Å². The van der Waals surface area contributed by atoms with Crippen molar-refractivity contribution in [2.45, 2.75) is 19.9 Å². The third-order valence-electron chi connectivity index (χ3n) is 0.894. The van der Waals surface area contributed by atoms with E-state index in [4.69, 9.17) is 4.74 Å². The monoisotopic (exact) mass is 153 g/mol. The van der Waals surface area contributed by atoms with Gasteiger partial charge in [-0.3, -0.25) is 5.32 Å². The number of alkyl halides is 2. The Morgan fingerprint density at radius 1 is 1.40 bits per heavy atom. The molecule has 0 unspecified atom stereocenters. The smallest absolute Gasteiger partial charge is 0.292 e. The molecule has 0 aliphatic rings. The van der Waals surface area contributed by atoms with Crippen molar-refractivity contribution in [1.82, 2.24) is 5.32 Å². The van der Waals surface area contributed by atoms with E-state index in [0.29, 0.717) is 13.2 Å². The van der Waals surface area contributed by atoms with Gasteiger partial charge in [0.25, 0.3) is 6.55 Å². The lowest BCUT2D eigenvalue weighted by atomic mass is 10.5. The fourth-order valence-electron chi connectivity index (χ4n) is 0.487. The summed E-state index contributed by atoms with van der Waals surface area (Å²) in [4.78, 5) is 0. The molecular weight excluding hydrogens is 140 g/mol. The third kappa shape index (κ3) is 7.78. The zero-order valence-corrected chi connectivity index (χ0v) is 6.07. The molecule has 0 saturated carbocycles. The Hall–Kier alpha value is -0.220. The Morgan fingerprint density at radius 3 is 2.60 bits per heavy atom. The molecule has 0 spiro atoms. The fraction of sp³-hybridized carbons (Fsp3) is 1.00. The first kappa shape index (κ1) is 9.78. The van der Waals surface area contributed by atoms with E-state index in [1.165, 1.54) is 0 Å². The highest BCUT2D eigenvalue weighted by Crippen LogP contribution is 1.84. The van der Waals surface area contributed by atoms with E-state index in [-0.39, 0.29) is 6.54 Å². The van der Waals surface area contributed by atoms with Crippen LogP contribution in [0.15, 0.2) is 0 Å². The van der Waals surface area contributed by atoms with Crippen molar-refractivity contribution in [2.24, 2.45) is 0 Å². The van der Waals surface area contributed by atoms with Crippen molar-refractivity contribution < 1.29 is 13.5 Å². The molecule has 0 saturated heterocycles. The van der Waals surface area contributed by atoms with E-state index in [1.54, 1.807) is 0 Å². The van der Waals surface area contributed by atoms with Crippen LogP contribution < -0.4 is 5.32 Å². The molecule has 0 aromatic carbocycles. The zero-order valence-electron chi connectivity index (χ0n) is 6.07. The maximum absolute atomic E-state index is 11.4. The first-order chi connectivity index (χ1) is 4.77. The van der Waals surface area contributed by atoms with Crippen LogP contribution in [0.5, 0.6) is 0 Å². The van der Waals surface area contributed by atoms with Gasteiger partial charge in [-0.2, -0.15) is 8.78 Å². The molecule has 10 heavy (non-hydrogen) atoms. The molecule has 0 bridgehead atoms. The molecule has 4 heteroatoms. The number of ether oxygens (including phenoxy) is 1. The lowest BCUT2D eigenvalue weighted by Crippen LogP contribution is -2.24. The summed E-state index contributed by atoms with van der Waals surface area (Å²) in [5, 5.41) is 1.95. The normalized spacial score (nSPS) is 10.8. The molecule has 0 aromatic heterocycles. The van der Waals surface area contributed by atoms with Crippen LogP contribution in [0.4, 0.5) is 8.78 Å². The predicted molar refractivity (Wildman–Crippen MR) is 35.1 cm³/mol. The molecule has 0 rings (SSSR count). The van der Waals surface area contributed by atoms with Crippen LogP contribution in [-0.2, 0) is 4.74 Å². The van der Waals surface area contributed by atoms with Crippen molar-refractivity contribution in [3.8, 4) is 0 Å². The Labute approximate surface area is 59.6 Å². The van der Waals surface area contributed by atoms with Crippen LogP contribution in [0.25, 0.3) is 0 Å². The van der Waals surface area contributed by atoms with Crippen LogP contribution in [0.2, 0.25) is 0 Å². The van der Waals surface area contributed by atoms with E-state index in [9.17, 15) is 8.78 Å². The molecule has 2 nitrogen and oxygen atoms in total. The summed E-state index contributed by atoms with van der Waals surface area (Å²) in [6.07, 6.45) is 0.925. The van der Waals surface area contributed by atoms with Crippen molar-refractivity contribution in [1.29, 1.82) is 0 Å². The number of nitrogens with one attached hydrogen (secondary N) is 1. The molecule has 62 valence electrons. The second kappa shape index (κ2) is 6.89. The van der Waals surface area contributed by atoms with Crippen LogP contribution in [-0.4, -0.2) is 26.3 Å². The van der Waals surface area contributed by atoms with E-state index in [1.807, 2.05) is 12.2 Å². The maximum atomic E-state index is 11.4. The largest absolute Gasteiger partial charge is 0.380 e. The molecule has 0 aliphatic heterocycles. The standard InChI is InChI=1S/C6H13F2NO/c1-2-4-10-5-3-9-6(7)8/h6,9H,2-5H2,1H3. The Morgan fingerprint density at radius 2 is 2.10 bits per heavy atom. The third-order valence-corrected chi connectivity index (χ3v) is 0.894. The molecule has 0 heterocycles. The molecule has 0 fully saturated rings.